The minimum absolute atomic E-state index is 1.22. The summed E-state index contributed by atoms with van der Waals surface area (Å²) in [6.07, 6.45) is 14.1. The van der Waals surface area contributed by atoms with Crippen LogP contribution in [0.1, 0.15) is 69.9 Å². The van der Waals surface area contributed by atoms with Crippen molar-refractivity contribution in [2.45, 2.75) is 71.6 Å². The first-order valence-corrected chi connectivity index (χ1v) is 7.72. The lowest BCUT2D eigenvalue weighted by molar-refractivity contribution is 0.632. The summed E-state index contributed by atoms with van der Waals surface area (Å²) in [7, 11) is 0. The highest BCUT2D eigenvalue weighted by atomic mass is 14.0. The van der Waals surface area contributed by atoms with E-state index in [9.17, 15) is 0 Å². The number of aryl methyl sites for hydroxylation is 2. The molecule has 0 aromatic heterocycles. The fraction of sp³-hybridized carbons (Fsp3) is 0.611. The minimum atomic E-state index is 1.22. The van der Waals surface area contributed by atoms with Crippen LogP contribution in [0.15, 0.2) is 24.3 Å². The van der Waals surface area contributed by atoms with Crippen LogP contribution in [0.5, 0.6) is 0 Å². The lowest BCUT2D eigenvalue weighted by Gasteiger charge is -2.04. The summed E-state index contributed by atoms with van der Waals surface area (Å²) in [5.41, 5.74) is 3.00. The molecule has 101 valence electrons. The SMILES string of the molecule is C[CH]CCCc1ccc(CCCCCCC)cc1. The van der Waals surface area contributed by atoms with E-state index in [1.165, 1.54) is 68.9 Å². The van der Waals surface area contributed by atoms with Gasteiger partial charge in [-0.15, -0.1) is 0 Å². The first-order chi connectivity index (χ1) is 8.86. The Morgan fingerprint density at radius 3 is 1.89 bits per heavy atom. The molecule has 0 aliphatic heterocycles. The number of hydrogen-bond donors (Lipinski definition) is 0. The molecule has 1 aromatic carbocycles. The third-order valence-corrected chi connectivity index (χ3v) is 3.55. The minimum Gasteiger partial charge on any atom is -0.0654 e. The van der Waals surface area contributed by atoms with Gasteiger partial charge in [-0.05, 0) is 43.2 Å². The van der Waals surface area contributed by atoms with Crippen LogP contribution in [0.3, 0.4) is 0 Å². The quantitative estimate of drug-likeness (QED) is 0.461. The predicted octanol–water partition coefficient (Wildman–Crippen LogP) is 5.75. The molecule has 0 unspecified atom stereocenters. The summed E-state index contributed by atoms with van der Waals surface area (Å²) >= 11 is 0. The van der Waals surface area contributed by atoms with Crippen LogP contribution in [0.2, 0.25) is 0 Å². The van der Waals surface area contributed by atoms with Crippen LogP contribution in [0, 0.1) is 6.42 Å². The summed E-state index contributed by atoms with van der Waals surface area (Å²) < 4.78 is 0. The van der Waals surface area contributed by atoms with Crippen molar-refractivity contribution in [1.82, 2.24) is 0 Å². The van der Waals surface area contributed by atoms with Crippen LogP contribution in [-0.2, 0) is 12.8 Å². The molecule has 1 rings (SSSR count). The van der Waals surface area contributed by atoms with Crippen LogP contribution in [-0.4, -0.2) is 0 Å². The Balaban J connectivity index is 2.19. The smallest absolute Gasteiger partial charge is 0.0279 e. The normalized spacial score (nSPS) is 10.8. The Labute approximate surface area is 114 Å². The highest BCUT2D eigenvalue weighted by Gasteiger charge is 1.96. The number of benzene rings is 1. The number of unbranched alkanes of at least 4 members (excludes halogenated alkanes) is 6. The lowest BCUT2D eigenvalue weighted by atomic mass is 10.0. The molecule has 0 nitrogen and oxygen atoms in total. The molecule has 0 heterocycles. The molecule has 0 atom stereocenters. The van der Waals surface area contributed by atoms with Crippen molar-refractivity contribution in [3.63, 3.8) is 0 Å². The van der Waals surface area contributed by atoms with E-state index in [0.29, 0.717) is 0 Å². The Morgan fingerprint density at radius 2 is 1.33 bits per heavy atom. The van der Waals surface area contributed by atoms with Gasteiger partial charge in [0.05, 0.1) is 0 Å². The zero-order valence-electron chi connectivity index (χ0n) is 12.3. The summed E-state index contributed by atoms with van der Waals surface area (Å²) in [4.78, 5) is 0. The largest absolute Gasteiger partial charge is 0.0654 e. The van der Waals surface area contributed by atoms with Crippen LogP contribution >= 0.6 is 0 Å². The molecule has 0 aliphatic rings. The second-order valence-corrected chi connectivity index (χ2v) is 5.28. The van der Waals surface area contributed by atoms with Gasteiger partial charge in [0.25, 0.3) is 0 Å². The number of hydrogen-bond acceptors (Lipinski definition) is 0. The van der Waals surface area contributed by atoms with Crippen molar-refractivity contribution in [2.24, 2.45) is 0 Å². The van der Waals surface area contributed by atoms with E-state index in [1.54, 1.807) is 0 Å². The summed E-state index contributed by atoms with van der Waals surface area (Å²) in [5.74, 6) is 0. The molecule has 0 fully saturated rings. The third kappa shape index (κ3) is 6.83. The summed E-state index contributed by atoms with van der Waals surface area (Å²) in [6.45, 7) is 4.41. The fourth-order valence-corrected chi connectivity index (χ4v) is 2.32. The molecule has 0 aliphatic carbocycles. The van der Waals surface area contributed by atoms with Gasteiger partial charge in [0.2, 0.25) is 0 Å². The molecule has 0 saturated heterocycles. The average Bonchev–Trinajstić information content (AvgIpc) is 2.40. The molecule has 0 amide bonds. The average molecular weight is 245 g/mol. The molecular weight excluding hydrogens is 216 g/mol. The van der Waals surface area contributed by atoms with Crippen LogP contribution in [0.25, 0.3) is 0 Å². The van der Waals surface area contributed by atoms with Crippen molar-refractivity contribution in [3.8, 4) is 0 Å². The van der Waals surface area contributed by atoms with Gasteiger partial charge in [-0.25, -0.2) is 0 Å². The number of rotatable bonds is 10. The van der Waals surface area contributed by atoms with Gasteiger partial charge in [-0.1, -0.05) is 70.2 Å². The van der Waals surface area contributed by atoms with E-state index in [2.05, 4.69) is 44.5 Å². The van der Waals surface area contributed by atoms with Crippen LogP contribution in [0.4, 0.5) is 0 Å². The fourth-order valence-electron chi connectivity index (χ4n) is 2.32. The van der Waals surface area contributed by atoms with Gasteiger partial charge in [0.1, 0.15) is 0 Å². The Morgan fingerprint density at radius 1 is 0.778 bits per heavy atom. The maximum Gasteiger partial charge on any atom is -0.0279 e. The summed E-state index contributed by atoms with van der Waals surface area (Å²) in [6, 6.07) is 9.28. The van der Waals surface area contributed by atoms with Gasteiger partial charge >= 0.3 is 0 Å². The lowest BCUT2D eigenvalue weighted by Crippen LogP contribution is -1.89. The third-order valence-electron chi connectivity index (χ3n) is 3.55. The Kier molecular flexibility index (Phi) is 8.63. The Bertz CT molecular complexity index is 283. The monoisotopic (exact) mass is 245 g/mol. The molecule has 18 heavy (non-hydrogen) atoms. The molecule has 0 heteroatoms. The van der Waals surface area contributed by atoms with E-state index in [-0.39, 0.29) is 0 Å². The van der Waals surface area contributed by atoms with Gasteiger partial charge in [-0.2, -0.15) is 0 Å². The van der Waals surface area contributed by atoms with Crippen molar-refractivity contribution in [1.29, 1.82) is 0 Å². The summed E-state index contributed by atoms with van der Waals surface area (Å²) in [5, 5.41) is 0. The molecular formula is C18H29. The maximum atomic E-state index is 2.32. The van der Waals surface area contributed by atoms with Gasteiger partial charge in [-0.3, -0.25) is 0 Å². The zero-order valence-corrected chi connectivity index (χ0v) is 12.3. The first kappa shape index (κ1) is 15.3. The van der Waals surface area contributed by atoms with Gasteiger partial charge in [0.15, 0.2) is 0 Å². The zero-order chi connectivity index (χ0) is 13.1. The molecule has 0 saturated carbocycles. The van der Waals surface area contributed by atoms with Crippen molar-refractivity contribution in [2.75, 3.05) is 0 Å². The molecule has 0 spiro atoms. The predicted molar refractivity (Wildman–Crippen MR) is 81.8 cm³/mol. The molecule has 0 bridgehead atoms. The highest BCUT2D eigenvalue weighted by molar-refractivity contribution is 5.22. The van der Waals surface area contributed by atoms with E-state index in [4.69, 9.17) is 0 Å². The Hall–Kier alpha value is -0.780. The molecule has 1 aromatic rings. The van der Waals surface area contributed by atoms with Crippen molar-refractivity contribution < 1.29 is 0 Å². The van der Waals surface area contributed by atoms with E-state index in [1.807, 2.05) is 0 Å². The van der Waals surface area contributed by atoms with Gasteiger partial charge in [0, 0.05) is 0 Å². The first-order valence-electron chi connectivity index (χ1n) is 7.72. The van der Waals surface area contributed by atoms with E-state index in [0.717, 1.165) is 0 Å². The second kappa shape index (κ2) is 10.2. The van der Waals surface area contributed by atoms with Crippen molar-refractivity contribution in [3.05, 3.63) is 41.8 Å². The standard InChI is InChI=1S/C18H29/c1-3-5-7-8-10-12-18-15-13-17(14-16-18)11-9-6-4-2/h4,13-16H,3,5-12H2,1-2H3. The highest BCUT2D eigenvalue weighted by Crippen LogP contribution is 2.12. The van der Waals surface area contributed by atoms with Crippen LogP contribution < -0.4 is 0 Å². The van der Waals surface area contributed by atoms with Gasteiger partial charge < -0.3 is 0 Å². The van der Waals surface area contributed by atoms with Crippen molar-refractivity contribution >= 4 is 0 Å². The maximum absolute atomic E-state index is 2.32. The van der Waals surface area contributed by atoms with E-state index < -0.39 is 0 Å². The molecule has 0 N–H and O–H groups in total. The second-order valence-electron chi connectivity index (χ2n) is 5.28. The van der Waals surface area contributed by atoms with E-state index >= 15 is 0 Å². The molecule has 1 radical (unpaired) electrons. The topological polar surface area (TPSA) is 0 Å².